The summed E-state index contributed by atoms with van der Waals surface area (Å²) in [5.41, 5.74) is 6.50. The Morgan fingerprint density at radius 1 is 1.12 bits per heavy atom. The maximum absolute atomic E-state index is 5.78. The minimum Gasteiger partial charge on any atom is -0.490 e. The lowest BCUT2D eigenvalue weighted by Gasteiger charge is -2.15. The molecule has 0 aromatic heterocycles. The van der Waals surface area contributed by atoms with Crippen molar-refractivity contribution < 1.29 is 4.74 Å². The number of benzene rings is 1. The highest BCUT2D eigenvalue weighted by Crippen LogP contribution is 2.19. The van der Waals surface area contributed by atoms with E-state index < -0.39 is 0 Å². The molecule has 5 heteroatoms. The Kier molecular flexibility index (Phi) is 8.13. The molecule has 0 unspecified atom stereocenters. The fraction of sp³-hybridized carbons (Fsp3) is 0.500. The van der Waals surface area contributed by atoms with Crippen molar-refractivity contribution in [1.82, 2.24) is 4.90 Å². The summed E-state index contributed by atoms with van der Waals surface area (Å²) in [6.45, 7) is 4.17. The summed E-state index contributed by atoms with van der Waals surface area (Å²) >= 11 is 0. The van der Waals surface area contributed by atoms with Crippen LogP contribution >= 0.6 is 24.8 Å². The van der Waals surface area contributed by atoms with Gasteiger partial charge in [0, 0.05) is 6.54 Å². The van der Waals surface area contributed by atoms with Crippen LogP contribution in [0.1, 0.15) is 12.8 Å². The van der Waals surface area contributed by atoms with E-state index in [0.717, 1.165) is 24.6 Å². The lowest BCUT2D eigenvalue weighted by Crippen LogP contribution is -2.25. The summed E-state index contributed by atoms with van der Waals surface area (Å²) in [5, 5.41) is 0. The van der Waals surface area contributed by atoms with Crippen molar-refractivity contribution in [2.45, 2.75) is 12.8 Å². The van der Waals surface area contributed by atoms with Gasteiger partial charge in [0.15, 0.2) is 0 Å². The van der Waals surface area contributed by atoms with Crippen molar-refractivity contribution in [3.63, 3.8) is 0 Å². The second-order valence-corrected chi connectivity index (χ2v) is 3.94. The molecule has 0 spiro atoms. The monoisotopic (exact) mass is 278 g/mol. The van der Waals surface area contributed by atoms with E-state index in [1.807, 2.05) is 24.3 Å². The highest BCUT2D eigenvalue weighted by molar-refractivity contribution is 5.85. The minimum absolute atomic E-state index is 0. The zero-order chi connectivity index (χ0) is 10.5. The second kappa shape index (κ2) is 8.45. The van der Waals surface area contributed by atoms with Crippen molar-refractivity contribution >= 4 is 30.5 Å². The van der Waals surface area contributed by atoms with Gasteiger partial charge in [-0.15, -0.1) is 24.8 Å². The Labute approximate surface area is 115 Å². The Morgan fingerprint density at radius 3 is 2.41 bits per heavy atom. The highest BCUT2D eigenvalue weighted by atomic mass is 35.5. The molecule has 2 rings (SSSR count). The van der Waals surface area contributed by atoms with Gasteiger partial charge in [-0.1, -0.05) is 12.1 Å². The van der Waals surface area contributed by atoms with Crippen LogP contribution in [-0.2, 0) is 0 Å². The molecule has 17 heavy (non-hydrogen) atoms. The van der Waals surface area contributed by atoms with Gasteiger partial charge in [-0.25, -0.2) is 0 Å². The van der Waals surface area contributed by atoms with Crippen molar-refractivity contribution in [3.8, 4) is 5.75 Å². The van der Waals surface area contributed by atoms with Crippen LogP contribution in [0.2, 0.25) is 0 Å². The predicted octanol–water partition coefficient (Wildman–Crippen LogP) is 2.59. The zero-order valence-electron chi connectivity index (χ0n) is 9.80. The first kappa shape index (κ1) is 16.4. The maximum atomic E-state index is 5.78. The van der Waals surface area contributed by atoms with Gasteiger partial charge < -0.3 is 10.5 Å². The first-order chi connectivity index (χ1) is 7.36. The van der Waals surface area contributed by atoms with Crippen LogP contribution in [0.15, 0.2) is 24.3 Å². The quantitative estimate of drug-likeness (QED) is 0.861. The molecular weight excluding hydrogens is 259 g/mol. The highest BCUT2D eigenvalue weighted by Gasteiger charge is 2.10. The average molecular weight is 279 g/mol. The van der Waals surface area contributed by atoms with Gasteiger partial charge in [0.05, 0.1) is 5.69 Å². The van der Waals surface area contributed by atoms with Gasteiger partial charge in [-0.2, -0.15) is 0 Å². The molecule has 0 aliphatic carbocycles. The largest absolute Gasteiger partial charge is 0.490 e. The fourth-order valence-corrected chi connectivity index (χ4v) is 1.90. The molecule has 0 saturated carbocycles. The van der Waals surface area contributed by atoms with E-state index in [-0.39, 0.29) is 24.8 Å². The van der Waals surface area contributed by atoms with Gasteiger partial charge in [0.1, 0.15) is 12.4 Å². The summed E-state index contributed by atoms with van der Waals surface area (Å²) in [6, 6.07) is 7.65. The molecule has 1 heterocycles. The van der Waals surface area contributed by atoms with Gasteiger partial charge in [0.25, 0.3) is 0 Å². The van der Waals surface area contributed by atoms with Crippen molar-refractivity contribution in [3.05, 3.63) is 24.3 Å². The van der Waals surface area contributed by atoms with E-state index in [0.29, 0.717) is 0 Å². The number of nitrogens with zero attached hydrogens (tertiary/aromatic N) is 1. The van der Waals surface area contributed by atoms with E-state index in [1.54, 1.807) is 0 Å². The lowest BCUT2D eigenvalue weighted by atomic mass is 10.3. The normalized spacial score (nSPS) is 14.8. The van der Waals surface area contributed by atoms with Crippen LogP contribution in [0, 0.1) is 0 Å². The summed E-state index contributed by atoms with van der Waals surface area (Å²) in [4.78, 5) is 2.43. The Hall–Kier alpha value is -0.640. The van der Waals surface area contributed by atoms with E-state index in [1.165, 1.54) is 25.9 Å². The number of nitrogens with two attached hydrogens (primary N) is 1. The number of hydrogen-bond acceptors (Lipinski definition) is 3. The summed E-state index contributed by atoms with van der Waals surface area (Å²) in [5.74, 6) is 0.802. The van der Waals surface area contributed by atoms with Gasteiger partial charge in [0.2, 0.25) is 0 Å². The summed E-state index contributed by atoms with van der Waals surface area (Å²) in [7, 11) is 0. The van der Waals surface area contributed by atoms with Crippen LogP contribution in [0.25, 0.3) is 0 Å². The van der Waals surface area contributed by atoms with Crippen molar-refractivity contribution in [2.24, 2.45) is 0 Å². The van der Waals surface area contributed by atoms with E-state index in [2.05, 4.69) is 4.90 Å². The zero-order valence-corrected chi connectivity index (χ0v) is 11.4. The Morgan fingerprint density at radius 2 is 1.76 bits per heavy atom. The number of hydrogen-bond donors (Lipinski definition) is 1. The van der Waals surface area contributed by atoms with Crippen LogP contribution in [0.4, 0.5) is 5.69 Å². The molecule has 3 nitrogen and oxygen atoms in total. The number of ether oxygens (including phenoxy) is 1. The Bertz CT molecular complexity index is 317. The van der Waals surface area contributed by atoms with Crippen LogP contribution < -0.4 is 10.5 Å². The SMILES string of the molecule is Cl.Cl.Nc1ccccc1OCCN1CCCC1. The molecule has 1 aromatic carbocycles. The number of nitrogen functional groups attached to an aromatic ring is 1. The smallest absolute Gasteiger partial charge is 0.142 e. The third kappa shape index (κ3) is 5.02. The first-order valence-corrected chi connectivity index (χ1v) is 5.56. The fourth-order valence-electron chi connectivity index (χ4n) is 1.90. The number of anilines is 1. The molecule has 98 valence electrons. The average Bonchev–Trinajstić information content (AvgIpc) is 2.74. The Balaban J connectivity index is 0.00000128. The molecule has 0 bridgehead atoms. The molecule has 1 saturated heterocycles. The number of para-hydroxylation sites is 2. The van der Waals surface area contributed by atoms with E-state index >= 15 is 0 Å². The van der Waals surface area contributed by atoms with Crippen molar-refractivity contribution in [2.75, 3.05) is 32.0 Å². The third-order valence-corrected chi connectivity index (χ3v) is 2.78. The molecule has 2 N–H and O–H groups in total. The van der Waals surface area contributed by atoms with Gasteiger partial charge >= 0.3 is 0 Å². The molecule has 1 aliphatic rings. The number of halogens is 2. The number of rotatable bonds is 4. The summed E-state index contributed by atoms with van der Waals surface area (Å²) in [6.07, 6.45) is 2.65. The van der Waals surface area contributed by atoms with Gasteiger partial charge in [-0.05, 0) is 38.1 Å². The maximum Gasteiger partial charge on any atom is 0.142 e. The first-order valence-electron chi connectivity index (χ1n) is 5.56. The van der Waals surface area contributed by atoms with Crippen LogP contribution in [0.3, 0.4) is 0 Å². The third-order valence-electron chi connectivity index (χ3n) is 2.78. The molecule has 0 amide bonds. The van der Waals surface area contributed by atoms with E-state index in [4.69, 9.17) is 10.5 Å². The minimum atomic E-state index is 0. The lowest BCUT2D eigenvalue weighted by molar-refractivity contribution is 0.238. The molecule has 1 aliphatic heterocycles. The molecular formula is C12H20Cl2N2O. The molecule has 1 fully saturated rings. The number of likely N-dealkylation sites (tertiary alicyclic amines) is 1. The van der Waals surface area contributed by atoms with E-state index in [9.17, 15) is 0 Å². The van der Waals surface area contributed by atoms with Crippen molar-refractivity contribution in [1.29, 1.82) is 0 Å². The molecule has 0 radical (unpaired) electrons. The van der Waals surface area contributed by atoms with Crippen LogP contribution in [-0.4, -0.2) is 31.1 Å². The summed E-state index contributed by atoms with van der Waals surface area (Å²) < 4.78 is 5.63. The topological polar surface area (TPSA) is 38.5 Å². The predicted molar refractivity (Wildman–Crippen MR) is 76.5 cm³/mol. The molecule has 0 atom stereocenters. The van der Waals surface area contributed by atoms with Crippen LogP contribution in [0.5, 0.6) is 5.75 Å². The second-order valence-electron chi connectivity index (χ2n) is 3.94. The molecule has 1 aromatic rings. The standard InChI is InChI=1S/C12H18N2O.2ClH/c13-11-5-1-2-6-12(11)15-10-9-14-7-3-4-8-14;;/h1-2,5-6H,3-4,7-10,13H2;2*1H. The van der Waals surface area contributed by atoms with Gasteiger partial charge in [-0.3, -0.25) is 4.90 Å².